The van der Waals surface area contributed by atoms with Gasteiger partial charge in [-0.15, -0.1) is 11.3 Å². The van der Waals surface area contributed by atoms with Gasteiger partial charge < -0.3 is 4.98 Å². The second-order valence-electron chi connectivity index (χ2n) is 2.61. The highest BCUT2D eigenvalue weighted by molar-refractivity contribution is 7.71. The standard InChI is InChI=1S/C9H6N2OS2/c12-8(7-2-1-3-14-7)6-4-10-9(13)11-5-6/h1-5H,(H,10,11,13). The van der Waals surface area contributed by atoms with Gasteiger partial charge in [0, 0.05) is 12.4 Å². The summed E-state index contributed by atoms with van der Waals surface area (Å²) >= 11 is 6.20. The van der Waals surface area contributed by atoms with Crippen LogP contribution < -0.4 is 0 Å². The van der Waals surface area contributed by atoms with Crippen molar-refractivity contribution in [3.8, 4) is 0 Å². The summed E-state index contributed by atoms with van der Waals surface area (Å²) in [6.45, 7) is 0. The number of carbonyl (C=O) groups is 1. The third-order valence-electron chi connectivity index (χ3n) is 1.68. The van der Waals surface area contributed by atoms with E-state index in [1.165, 1.54) is 17.5 Å². The molecule has 0 saturated carbocycles. The molecule has 2 heterocycles. The molecule has 14 heavy (non-hydrogen) atoms. The summed E-state index contributed by atoms with van der Waals surface area (Å²) in [5.41, 5.74) is 0.529. The number of ketones is 1. The fourth-order valence-corrected chi connectivity index (χ4v) is 1.81. The normalized spacial score (nSPS) is 10.0. The number of hydrogen-bond donors (Lipinski definition) is 1. The number of nitrogens with zero attached hydrogens (tertiary/aromatic N) is 1. The first-order chi connectivity index (χ1) is 6.77. The molecule has 2 aromatic rings. The van der Waals surface area contributed by atoms with Crippen LogP contribution in [0.4, 0.5) is 0 Å². The smallest absolute Gasteiger partial charge is 0.205 e. The Hall–Kier alpha value is -1.33. The van der Waals surface area contributed by atoms with Gasteiger partial charge in [0.1, 0.15) is 0 Å². The number of carbonyl (C=O) groups excluding carboxylic acids is 1. The van der Waals surface area contributed by atoms with Crippen molar-refractivity contribution in [3.63, 3.8) is 0 Å². The maximum atomic E-state index is 11.7. The summed E-state index contributed by atoms with van der Waals surface area (Å²) in [5.74, 6) is -0.0289. The van der Waals surface area contributed by atoms with Crippen molar-refractivity contribution in [2.75, 3.05) is 0 Å². The average Bonchev–Trinajstić information content (AvgIpc) is 2.71. The topological polar surface area (TPSA) is 45.8 Å². The van der Waals surface area contributed by atoms with E-state index in [0.29, 0.717) is 15.2 Å². The first kappa shape index (κ1) is 9.23. The maximum Gasteiger partial charge on any atom is 0.205 e. The predicted octanol–water partition coefficient (Wildman–Crippen LogP) is 2.43. The van der Waals surface area contributed by atoms with Crippen molar-refractivity contribution >= 4 is 29.3 Å². The molecule has 2 aromatic heterocycles. The van der Waals surface area contributed by atoms with E-state index in [0.717, 1.165) is 0 Å². The largest absolute Gasteiger partial charge is 0.337 e. The Labute approximate surface area is 89.5 Å². The lowest BCUT2D eigenvalue weighted by Crippen LogP contribution is -2.00. The molecular formula is C9H6N2OS2. The Morgan fingerprint density at radius 1 is 1.57 bits per heavy atom. The van der Waals surface area contributed by atoms with Gasteiger partial charge in [0.05, 0.1) is 10.4 Å². The van der Waals surface area contributed by atoms with E-state index >= 15 is 0 Å². The van der Waals surface area contributed by atoms with Gasteiger partial charge in [-0.25, -0.2) is 4.98 Å². The van der Waals surface area contributed by atoms with E-state index in [2.05, 4.69) is 9.97 Å². The first-order valence-electron chi connectivity index (χ1n) is 3.90. The van der Waals surface area contributed by atoms with Gasteiger partial charge in [-0.2, -0.15) is 0 Å². The molecule has 0 amide bonds. The Kier molecular flexibility index (Phi) is 2.51. The number of aromatic nitrogens is 2. The molecule has 70 valence electrons. The number of H-pyrrole nitrogens is 1. The molecule has 0 saturated heterocycles. The quantitative estimate of drug-likeness (QED) is 0.627. The van der Waals surface area contributed by atoms with E-state index in [-0.39, 0.29) is 5.78 Å². The number of aromatic amines is 1. The minimum absolute atomic E-state index is 0.0289. The Bertz CT molecular complexity index is 481. The third kappa shape index (κ3) is 1.78. The molecule has 2 rings (SSSR count). The zero-order valence-corrected chi connectivity index (χ0v) is 8.69. The van der Waals surface area contributed by atoms with Crippen LogP contribution in [0.3, 0.4) is 0 Å². The lowest BCUT2D eigenvalue weighted by Gasteiger charge is -1.95. The lowest BCUT2D eigenvalue weighted by atomic mass is 10.2. The summed E-state index contributed by atoms with van der Waals surface area (Å²) in [4.78, 5) is 19.0. The van der Waals surface area contributed by atoms with Gasteiger partial charge in [-0.3, -0.25) is 4.79 Å². The van der Waals surface area contributed by atoms with E-state index in [1.807, 2.05) is 11.4 Å². The summed E-state index contributed by atoms with van der Waals surface area (Å²) in [6, 6.07) is 3.63. The Morgan fingerprint density at radius 2 is 2.43 bits per heavy atom. The molecule has 1 N–H and O–H groups in total. The fourth-order valence-electron chi connectivity index (χ4n) is 1.02. The SMILES string of the molecule is O=C(c1cnc(=S)[nH]c1)c1cccs1. The minimum atomic E-state index is -0.0289. The van der Waals surface area contributed by atoms with Crippen LogP contribution in [0.5, 0.6) is 0 Å². The van der Waals surface area contributed by atoms with Gasteiger partial charge in [0.25, 0.3) is 0 Å². The molecule has 3 nitrogen and oxygen atoms in total. The highest BCUT2D eigenvalue weighted by atomic mass is 32.1. The van der Waals surface area contributed by atoms with Crippen LogP contribution in [0.25, 0.3) is 0 Å². The van der Waals surface area contributed by atoms with Crippen molar-refractivity contribution in [2.24, 2.45) is 0 Å². The van der Waals surface area contributed by atoms with E-state index in [4.69, 9.17) is 12.2 Å². The predicted molar refractivity (Wildman–Crippen MR) is 57.2 cm³/mol. The molecule has 0 radical (unpaired) electrons. The van der Waals surface area contributed by atoms with Crippen LogP contribution in [-0.4, -0.2) is 15.8 Å². The zero-order valence-electron chi connectivity index (χ0n) is 7.06. The molecule has 0 bridgehead atoms. The van der Waals surface area contributed by atoms with Crippen LogP contribution >= 0.6 is 23.6 Å². The second kappa shape index (κ2) is 3.81. The van der Waals surface area contributed by atoms with Crippen molar-refractivity contribution < 1.29 is 4.79 Å². The van der Waals surface area contributed by atoms with Gasteiger partial charge in [0.15, 0.2) is 4.77 Å². The molecule has 0 aliphatic rings. The molecule has 0 aromatic carbocycles. The minimum Gasteiger partial charge on any atom is -0.337 e. The van der Waals surface area contributed by atoms with Gasteiger partial charge >= 0.3 is 0 Å². The summed E-state index contributed by atoms with van der Waals surface area (Å²) in [6.07, 6.45) is 3.07. The van der Waals surface area contributed by atoms with Crippen molar-refractivity contribution in [3.05, 3.63) is 45.1 Å². The number of hydrogen-bond acceptors (Lipinski definition) is 4. The van der Waals surface area contributed by atoms with Gasteiger partial charge in [0.2, 0.25) is 5.78 Å². The lowest BCUT2D eigenvalue weighted by molar-refractivity contribution is 0.104. The van der Waals surface area contributed by atoms with E-state index in [1.54, 1.807) is 12.3 Å². The van der Waals surface area contributed by atoms with Gasteiger partial charge in [-0.05, 0) is 23.7 Å². The van der Waals surface area contributed by atoms with Crippen LogP contribution in [0, 0.1) is 4.77 Å². The molecule has 0 aliphatic heterocycles. The number of nitrogens with one attached hydrogen (secondary N) is 1. The monoisotopic (exact) mass is 222 g/mol. The molecule has 0 fully saturated rings. The van der Waals surface area contributed by atoms with Crippen LogP contribution in [0.2, 0.25) is 0 Å². The van der Waals surface area contributed by atoms with E-state index < -0.39 is 0 Å². The molecule has 0 atom stereocenters. The molecule has 0 unspecified atom stereocenters. The van der Waals surface area contributed by atoms with Crippen LogP contribution in [0.15, 0.2) is 29.9 Å². The fraction of sp³-hybridized carbons (Fsp3) is 0. The Balaban J connectivity index is 2.37. The molecular weight excluding hydrogens is 216 g/mol. The van der Waals surface area contributed by atoms with E-state index in [9.17, 15) is 4.79 Å². The highest BCUT2D eigenvalue weighted by Gasteiger charge is 2.09. The van der Waals surface area contributed by atoms with Crippen LogP contribution in [-0.2, 0) is 0 Å². The van der Waals surface area contributed by atoms with Gasteiger partial charge in [-0.1, -0.05) is 6.07 Å². The molecule has 0 spiro atoms. The van der Waals surface area contributed by atoms with Crippen molar-refractivity contribution in [1.29, 1.82) is 0 Å². The summed E-state index contributed by atoms with van der Waals surface area (Å²) in [5, 5.41) is 1.87. The second-order valence-corrected chi connectivity index (χ2v) is 3.95. The maximum absolute atomic E-state index is 11.7. The highest BCUT2D eigenvalue weighted by Crippen LogP contribution is 2.13. The summed E-state index contributed by atoms with van der Waals surface area (Å²) in [7, 11) is 0. The van der Waals surface area contributed by atoms with Crippen molar-refractivity contribution in [2.45, 2.75) is 0 Å². The molecule has 5 heteroatoms. The average molecular weight is 222 g/mol. The van der Waals surface area contributed by atoms with Crippen molar-refractivity contribution in [1.82, 2.24) is 9.97 Å². The summed E-state index contributed by atoms with van der Waals surface area (Å²) < 4.78 is 0.382. The first-order valence-corrected chi connectivity index (χ1v) is 5.19. The number of thiophene rings is 1. The van der Waals surface area contributed by atoms with Crippen LogP contribution in [0.1, 0.15) is 15.2 Å². The Morgan fingerprint density at radius 3 is 3.00 bits per heavy atom. The third-order valence-corrected chi connectivity index (χ3v) is 2.77. The number of rotatable bonds is 2. The molecule has 0 aliphatic carbocycles. The zero-order chi connectivity index (χ0) is 9.97.